The molecule has 0 N–H and O–H groups in total. The van der Waals surface area contributed by atoms with Gasteiger partial charge in [0.25, 0.3) is 0 Å². The number of hydrogen-bond donors (Lipinski definition) is 0. The maximum Gasteiger partial charge on any atom is 0.160 e. The molecule has 0 fully saturated rings. The zero-order valence-electron chi connectivity index (χ0n) is 32.3. The van der Waals surface area contributed by atoms with Crippen molar-refractivity contribution in [2.45, 2.75) is 0 Å². The standard InChI is InChI=1S/C56H34N2O2/c1-3-14-35(15-4-1)39-18-11-19-40(32-39)50-34-49(57-56(58-50)38-16-5-2-6-17-38)37-30-28-36(29-31-37)41-23-13-27-52-53(41)48-33-47(42-20-7-8-22-44(42)55(48)60-52)46-25-12-24-45-43-21-9-10-26-51(43)59-54(45)46/h1-34H. The maximum absolute atomic E-state index is 6.75. The molecular weight excluding hydrogens is 733 g/mol. The van der Waals surface area contributed by atoms with E-state index in [1.54, 1.807) is 0 Å². The van der Waals surface area contributed by atoms with Crippen LogP contribution in [0, 0.1) is 0 Å². The number of aromatic nitrogens is 2. The van der Waals surface area contributed by atoms with E-state index in [-0.39, 0.29) is 0 Å². The molecule has 280 valence electrons. The van der Waals surface area contributed by atoms with Crippen LogP contribution in [0.1, 0.15) is 0 Å². The van der Waals surface area contributed by atoms with Crippen molar-refractivity contribution >= 4 is 54.6 Å². The Morgan fingerprint density at radius 2 is 0.833 bits per heavy atom. The molecule has 0 aliphatic heterocycles. The topological polar surface area (TPSA) is 52.1 Å². The van der Waals surface area contributed by atoms with Gasteiger partial charge in [0.1, 0.15) is 22.3 Å². The Morgan fingerprint density at radius 1 is 0.283 bits per heavy atom. The van der Waals surface area contributed by atoms with Crippen molar-refractivity contribution in [3.8, 4) is 67.3 Å². The summed E-state index contributed by atoms with van der Waals surface area (Å²) in [6.07, 6.45) is 0. The Labute approximate surface area is 345 Å². The van der Waals surface area contributed by atoms with E-state index in [2.05, 4.69) is 170 Å². The average molecular weight is 767 g/mol. The molecule has 12 rings (SSSR count). The molecule has 0 spiro atoms. The van der Waals surface area contributed by atoms with Crippen molar-refractivity contribution in [1.29, 1.82) is 0 Å². The largest absolute Gasteiger partial charge is 0.455 e. The van der Waals surface area contributed by atoms with Crippen LogP contribution in [-0.4, -0.2) is 9.97 Å². The minimum Gasteiger partial charge on any atom is -0.455 e. The highest BCUT2D eigenvalue weighted by molar-refractivity contribution is 6.23. The lowest BCUT2D eigenvalue weighted by atomic mass is 9.92. The van der Waals surface area contributed by atoms with Crippen molar-refractivity contribution in [3.63, 3.8) is 0 Å². The fourth-order valence-electron chi connectivity index (χ4n) is 8.84. The Balaban J connectivity index is 0.997. The van der Waals surface area contributed by atoms with Crippen molar-refractivity contribution in [2.24, 2.45) is 0 Å². The summed E-state index contributed by atoms with van der Waals surface area (Å²) in [6.45, 7) is 0. The Bertz CT molecular complexity index is 3580. The van der Waals surface area contributed by atoms with E-state index in [1.165, 1.54) is 5.56 Å². The van der Waals surface area contributed by atoms with Gasteiger partial charge < -0.3 is 8.83 Å². The summed E-state index contributed by atoms with van der Waals surface area (Å²) >= 11 is 0. The van der Waals surface area contributed by atoms with E-state index in [0.29, 0.717) is 5.82 Å². The Morgan fingerprint density at radius 3 is 1.65 bits per heavy atom. The van der Waals surface area contributed by atoms with Crippen LogP contribution in [0.15, 0.2) is 215 Å². The first-order chi connectivity index (χ1) is 29.7. The minimum absolute atomic E-state index is 0.688. The average Bonchev–Trinajstić information content (AvgIpc) is 3.91. The SMILES string of the molecule is c1ccc(-c2cccc(-c3cc(-c4ccc(-c5cccc6oc7c8ccccc8c(-c8cccc9c8oc8ccccc89)cc7c56)cc4)nc(-c4ccccc4)n3)c2)cc1. The van der Waals surface area contributed by atoms with Gasteiger partial charge in [0, 0.05) is 49.2 Å². The minimum atomic E-state index is 0.688. The van der Waals surface area contributed by atoms with Gasteiger partial charge in [-0.25, -0.2) is 9.97 Å². The molecule has 0 radical (unpaired) electrons. The number of benzene rings is 9. The van der Waals surface area contributed by atoms with E-state index in [4.69, 9.17) is 18.8 Å². The number of para-hydroxylation sites is 2. The fourth-order valence-corrected chi connectivity index (χ4v) is 8.84. The smallest absolute Gasteiger partial charge is 0.160 e. The molecule has 0 aliphatic rings. The highest BCUT2D eigenvalue weighted by atomic mass is 16.3. The molecule has 9 aromatic carbocycles. The normalized spacial score (nSPS) is 11.7. The second-order valence-electron chi connectivity index (χ2n) is 15.3. The molecule has 4 nitrogen and oxygen atoms in total. The molecule has 4 heteroatoms. The maximum atomic E-state index is 6.75. The molecule has 0 saturated carbocycles. The number of fused-ring (bicyclic) bond motifs is 8. The van der Waals surface area contributed by atoms with Crippen LogP contribution in [0.2, 0.25) is 0 Å². The van der Waals surface area contributed by atoms with Crippen molar-refractivity contribution in [1.82, 2.24) is 9.97 Å². The third-order valence-electron chi connectivity index (χ3n) is 11.7. The van der Waals surface area contributed by atoms with Gasteiger partial charge in [-0.05, 0) is 63.5 Å². The summed E-state index contributed by atoms with van der Waals surface area (Å²) in [4.78, 5) is 10.2. The molecule has 0 atom stereocenters. The summed E-state index contributed by atoms with van der Waals surface area (Å²) in [7, 11) is 0. The lowest BCUT2D eigenvalue weighted by molar-refractivity contribution is 0.670. The van der Waals surface area contributed by atoms with Gasteiger partial charge in [0.15, 0.2) is 5.82 Å². The summed E-state index contributed by atoms with van der Waals surface area (Å²) in [5.41, 5.74) is 14.9. The molecular formula is C56H34N2O2. The highest BCUT2D eigenvalue weighted by Gasteiger charge is 2.21. The summed E-state index contributed by atoms with van der Waals surface area (Å²) in [6, 6.07) is 71.9. The molecule has 3 heterocycles. The molecule has 12 aromatic rings. The first-order valence-corrected chi connectivity index (χ1v) is 20.2. The first-order valence-electron chi connectivity index (χ1n) is 20.2. The lowest BCUT2D eigenvalue weighted by Crippen LogP contribution is -1.96. The van der Waals surface area contributed by atoms with Crippen LogP contribution in [0.25, 0.3) is 122 Å². The van der Waals surface area contributed by atoms with E-state index in [1.807, 2.05) is 36.4 Å². The third-order valence-corrected chi connectivity index (χ3v) is 11.7. The summed E-state index contributed by atoms with van der Waals surface area (Å²) in [5, 5.41) is 6.56. The second kappa shape index (κ2) is 13.8. The predicted molar refractivity (Wildman–Crippen MR) is 247 cm³/mol. The second-order valence-corrected chi connectivity index (χ2v) is 15.3. The van der Waals surface area contributed by atoms with Gasteiger partial charge >= 0.3 is 0 Å². The van der Waals surface area contributed by atoms with Crippen LogP contribution in [0.3, 0.4) is 0 Å². The number of hydrogen-bond acceptors (Lipinski definition) is 4. The van der Waals surface area contributed by atoms with Gasteiger partial charge in [0.2, 0.25) is 0 Å². The van der Waals surface area contributed by atoms with Crippen LogP contribution in [0.4, 0.5) is 0 Å². The van der Waals surface area contributed by atoms with Crippen molar-refractivity contribution in [2.75, 3.05) is 0 Å². The van der Waals surface area contributed by atoms with Gasteiger partial charge in [-0.3, -0.25) is 0 Å². The summed E-state index contributed by atoms with van der Waals surface area (Å²) < 4.78 is 13.3. The Hall–Kier alpha value is -8.08. The van der Waals surface area contributed by atoms with E-state index < -0.39 is 0 Å². The monoisotopic (exact) mass is 766 g/mol. The molecule has 0 bridgehead atoms. The molecule has 0 aliphatic carbocycles. The lowest BCUT2D eigenvalue weighted by Gasteiger charge is -2.11. The molecule has 0 saturated heterocycles. The van der Waals surface area contributed by atoms with E-state index >= 15 is 0 Å². The Kier molecular flexibility index (Phi) is 7.82. The third kappa shape index (κ3) is 5.61. The van der Waals surface area contributed by atoms with Crippen LogP contribution >= 0.6 is 0 Å². The number of nitrogens with zero attached hydrogens (tertiary/aromatic N) is 2. The first kappa shape index (κ1) is 34.0. The van der Waals surface area contributed by atoms with Crippen LogP contribution in [0.5, 0.6) is 0 Å². The van der Waals surface area contributed by atoms with Gasteiger partial charge in [-0.1, -0.05) is 176 Å². The number of rotatable bonds is 6. The number of furan rings is 2. The van der Waals surface area contributed by atoms with Crippen LogP contribution in [-0.2, 0) is 0 Å². The zero-order valence-corrected chi connectivity index (χ0v) is 32.3. The van der Waals surface area contributed by atoms with Crippen LogP contribution < -0.4 is 0 Å². The molecule has 0 unspecified atom stereocenters. The molecule has 60 heavy (non-hydrogen) atoms. The van der Waals surface area contributed by atoms with Gasteiger partial charge in [-0.2, -0.15) is 0 Å². The van der Waals surface area contributed by atoms with E-state index in [0.717, 1.165) is 111 Å². The summed E-state index contributed by atoms with van der Waals surface area (Å²) in [5.74, 6) is 0.688. The predicted octanol–water partition coefficient (Wildman–Crippen LogP) is 15.4. The highest BCUT2D eigenvalue weighted by Crippen LogP contribution is 2.45. The molecule has 0 amide bonds. The van der Waals surface area contributed by atoms with Gasteiger partial charge in [-0.15, -0.1) is 0 Å². The van der Waals surface area contributed by atoms with Crippen molar-refractivity contribution in [3.05, 3.63) is 206 Å². The molecule has 3 aromatic heterocycles. The quantitative estimate of drug-likeness (QED) is 0.169. The fraction of sp³-hybridized carbons (Fsp3) is 0. The van der Waals surface area contributed by atoms with E-state index in [9.17, 15) is 0 Å². The van der Waals surface area contributed by atoms with Gasteiger partial charge in [0.05, 0.1) is 11.4 Å². The van der Waals surface area contributed by atoms with Crippen molar-refractivity contribution < 1.29 is 8.83 Å². The zero-order chi connectivity index (χ0) is 39.6.